The van der Waals surface area contributed by atoms with Gasteiger partial charge in [0.25, 0.3) is 0 Å². The van der Waals surface area contributed by atoms with Crippen molar-refractivity contribution in [2.75, 3.05) is 0 Å². The van der Waals surface area contributed by atoms with Crippen LogP contribution >= 0.6 is 0 Å². The fraction of sp³-hybridized carbons (Fsp3) is 0.625. The largest absolute Gasteiger partial charge is 0.256 e. The van der Waals surface area contributed by atoms with E-state index >= 15 is 0 Å². The van der Waals surface area contributed by atoms with Gasteiger partial charge in [-0.1, -0.05) is 27.7 Å². The van der Waals surface area contributed by atoms with Crippen LogP contribution in [-0.4, -0.2) is 4.98 Å². The number of nitriles is 1. The molecule has 1 aromatic heterocycles. The third-order valence-corrected chi connectivity index (χ3v) is 3.99. The van der Waals surface area contributed by atoms with Gasteiger partial charge >= 0.3 is 0 Å². The predicted octanol–water partition coefficient (Wildman–Crippen LogP) is 3.90. The molecule has 2 heteroatoms. The second-order valence-electron chi connectivity index (χ2n) is 6.52. The number of rotatable bonds is 1. The molecule has 0 N–H and O–H groups in total. The number of pyridine rings is 1. The molecule has 0 aliphatic heterocycles. The van der Waals surface area contributed by atoms with Gasteiger partial charge in [-0.25, -0.2) is 0 Å². The Hall–Kier alpha value is -1.36. The Bertz CT molecular complexity index is 519. The van der Waals surface area contributed by atoms with Crippen molar-refractivity contribution in [3.8, 4) is 6.07 Å². The van der Waals surface area contributed by atoms with Crippen LogP contribution in [-0.2, 0) is 12.8 Å². The second-order valence-corrected chi connectivity index (χ2v) is 6.52. The lowest BCUT2D eigenvalue weighted by Gasteiger charge is -2.33. The van der Waals surface area contributed by atoms with Gasteiger partial charge in [-0.05, 0) is 48.6 Å². The maximum atomic E-state index is 9.34. The van der Waals surface area contributed by atoms with Crippen molar-refractivity contribution in [1.82, 2.24) is 4.98 Å². The SMILES string of the molecule is Cc1nc(C(C)C)c2c(c1C#N)CCC(C)(C)C2. The van der Waals surface area contributed by atoms with Crippen LogP contribution < -0.4 is 0 Å². The van der Waals surface area contributed by atoms with E-state index in [4.69, 9.17) is 4.98 Å². The average molecular weight is 242 g/mol. The zero-order valence-electron chi connectivity index (χ0n) is 12.1. The zero-order chi connectivity index (χ0) is 13.5. The molecule has 0 saturated heterocycles. The summed E-state index contributed by atoms with van der Waals surface area (Å²) in [4.78, 5) is 4.70. The van der Waals surface area contributed by atoms with E-state index < -0.39 is 0 Å². The van der Waals surface area contributed by atoms with Crippen LogP contribution in [0.4, 0.5) is 0 Å². The van der Waals surface area contributed by atoms with Crippen LogP contribution in [0.2, 0.25) is 0 Å². The Labute approximate surface area is 110 Å². The molecule has 0 spiro atoms. The van der Waals surface area contributed by atoms with Crippen molar-refractivity contribution in [1.29, 1.82) is 5.26 Å². The highest BCUT2D eigenvalue weighted by Gasteiger charge is 2.30. The van der Waals surface area contributed by atoms with Crippen molar-refractivity contribution in [3.05, 3.63) is 28.1 Å². The van der Waals surface area contributed by atoms with Crippen molar-refractivity contribution < 1.29 is 0 Å². The molecule has 1 aliphatic rings. The Morgan fingerprint density at radius 2 is 1.94 bits per heavy atom. The van der Waals surface area contributed by atoms with E-state index in [1.807, 2.05) is 6.92 Å². The highest BCUT2D eigenvalue weighted by Crippen LogP contribution is 2.39. The topological polar surface area (TPSA) is 36.7 Å². The molecule has 0 radical (unpaired) electrons. The summed E-state index contributed by atoms with van der Waals surface area (Å²) in [5.41, 5.74) is 5.88. The number of aromatic nitrogens is 1. The Morgan fingerprint density at radius 1 is 1.28 bits per heavy atom. The molecule has 0 amide bonds. The molecule has 0 aromatic carbocycles. The third-order valence-electron chi connectivity index (χ3n) is 3.99. The van der Waals surface area contributed by atoms with Crippen molar-refractivity contribution in [2.24, 2.45) is 5.41 Å². The standard InChI is InChI=1S/C16H22N2/c1-10(2)15-13-8-16(4,5)7-6-12(13)14(9-17)11(3)18-15/h10H,6-8H2,1-5H3. The van der Waals surface area contributed by atoms with Gasteiger partial charge in [-0.3, -0.25) is 4.98 Å². The van der Waals surface area contributed by atoms with Gasteiger partial charge in [-0.15, -0.1) is 0 Å². The lowest BCUT2D eigenvalue weighted by molar-refractivity contribution is 0.312. The number of fused-ring (bicyclic) bond motifs is 1. The van der Waals surface area contributed by atoms with Gasteiger partial charge in [0.2, 0.25) is 0 Å². The number of nitrogens with zero attached hydrogens (tertiary/aromatic N) is 2. The molecule has 0 saturated carbocycles. The quantitative estimate of drug-likeness (QED) is 0.749. The van der Waals surface area contributed by atoms with Gasteiger partial charge in [0.15, 0.2) is 0 Å². The molecule has 0 unspecified atom stereocenters. The Morgan fingerprint density at radius 3 is 2.50 bits per heavy atom. The minimum Gasteiger partial charge on any atom is -0.256 e. The molecule has 1 aliphatic carbocycles. The van der Waals surface area contributed by atoms with Gasteiger partial charge in [-0.2, -0.15) is 5.26 Å². The summed E-state index contributed by atoms with van der Waals surface area (Å²) >= 11 is 0. The Kier molecular flexibility index (Phi) is 3.19. The van der Waals surface area contributed by atoms with Crippen molar-refractivity contribution in [2.45, 2.75) is 59.8 Å². The molecular formula is C16H22N2. The molecular weight excluding hydrogens is 220 g/mol. The van der Waals surface area contributed by atoms with Crippen LogP contribution in [0, 0.1) is 23.7 Å². The molecule has 2 nitrogen and oxygen atoms in total. The maximum absolute atomic E-state index is 9.34. The van der Waals surface area contributed by atoms with Gasteiger partial charge in [0.05, 0.1) is 11.3 Å². The summed E-state index contributed by atoms with van der Waals surface area (Å²) in [6, 6.07) is 2.35. The average Bonchev–Trinajstić information content (AvgIpc) is 2.27. The predicted molar refractivity (Wildman–Crippen MR) is 73.6 cm³/mol. The molecule has 18 heavy (non-hydrogen) atoms. The summed E-state index contributed by atoms with van der Waals surface area (Å²) in [5.74, 6) is 0.430. The summed E-state index contributed by atoms with van der Waals surface area (Å²) < 4.78 is 0. The molecule has 2 rings (SSSR count). The first kappa shape index (κ1) is 13.1. The highest BCUT2D eigenvalue weighted by atomic mass is 14.7. The lowest BCUT2D eigenvalue weighted by Crippen LogP contribution is -2.25. The van der Waals surface area contributed by atoms with E-state index in [0.29, 0.717) is 11.3 Å². The first-order chi connectivity index (χ1) is 8.35. The molecule has 1 aromatic rings. The van der Waals surface area contributed by atoms with E-state index in [0.717, 1.165) is 30.5 Å². The normalized spacial score (nSPS) is 17.4. The first-order valence-electron chi connectivity index (χ1n) is 6.78. The van der Waals surface area contributed by atoms with Gasteiger partial charge in [0.1, 0.15) is 6.07 Å². The van der Waals surface area contributed by atoms with Crippen molar-refractivity contribution in [3.63, 3.8) is 0 Å². The first-order valence-corrected chi connectivity index (χ1v) is 6.78. The van der Waals surface area contributed by atoms with Crippen molar-refractivity contribution >= 4 is 0 Å². The summed E-state index contributed by atoms with van der Waals surface area (Å²) in [5, 5.41) is 9.34. The van der Waals surface area contributed by atoms with E-state index in [9.17, 15) is 5.26 Å². The van der Waals surface area contributed by atoms with E-state index in [1.54, 1.807) is 0 Å². The molecule has 96 valence electrons. The fourth-order valence-corrected chi connectivity index (χ4v) is 2.96. The molecule has 0 bridgehead atoms. The minimum absolute atomic E-state index is 0.334. The van der Waals surface area contributed by atoms with E-state index in [2.05, 4.69) is 33.8 Å². The highest BCUT2D eigenvalue weighted by molar-refractivity contribution is 5.49. The maximum Gasteiger partial charge on any atom is 0.101 e. The third kappa shape index (κ3) is 2.14. The van der Waals surface area contributed by atoms with Gasteiger partial charge < -0.3 is 0 Å². The van der Waals surface area contributed by atoms with Crippen LogP contribution in [0.1, 0.15) is 68.1 Å². The number of hydrogen-bond acceptors (Lipinski definition) is 2. The Balaban J connectivity index is 2.68. The number of hydrogen-bond donors (Lipinski definition) is 0. The van der Waals surface area contributed by atoms with E-state index in [1.165, 1.54) is 16.8 Å². The zero-order valence-corrected chi connectivity index (χ0v) is 12.1. The minimum atomic E-state index is 0.334. The van der Waals surface area contributed by atoms with Gasteiger partial charge in [0, 0.05) is 5.69 Å². The van der Waals surface area contributed by atoms with Crippen LogP contribution in [0.15, 0.2) is 0 Å². The molecule has 0 fully saturated rings. The molecule has 0 atom stereocenters. The summed E-state index contributed by atoms with van der Waals surface area (Å²) in [6.07, 6.45) is 3.24. The van der Waals surface area contributed by atoms with Crippen LogP contribution in [0.3, 0.4) is 0 Å². The number of aryl methyl sites for hydroxylation is 1. The fourth-order valence-electron chi connectivity index (χ4n) is 2.96. The molecule has 1 heterocycles. The summed E-state index contributed by atoms with van der Waals surface area (Å²) in [7, 11) is 0. The second kappa shape index (κ2) is 4.39. The summed E-state index contributed by atoms with van der Waals surface area (Å²) in [6.45, 7) is 11.0. The smallest absolute Gasteiger partial charge is 0.101 e. The lowest BCUT2D eigenvalue weighted by atomic mass is 9.72. The van der Waals surface area contributed by atoms with Crippen LogP contribution in [0.5, 0.6) is 0 Å². The monoisotopic (exact) mass is 242 g/mol. The van der Waals surface area contributed by atoms with E-state index in [-0.39, 0.29) is 0 Å². The van der Waals surface area contributed by atoms with Crippen LogP contribution in [0.25, 0.3) is 0 Å².